The number of nitrogens with zero attached hydrogens (tertiary/aromatic N) is 1. The van der Waals surface area contributed by atoms with Crippen LogP contribution in [-0.2, 0) is 16.0 Å². The van der Waals surface area contributed by atoms with Crippen molar-refractivity contribution < 1.29 is 19.9 Å². The molecular weight excluding hydrogens is 454 g/mol. The molecule has 2 atom stereocenters. The largest absolute Gasteiger partial charge is 0.394 e. The molecule has 0 radical (unpaired) electrons. The van der Waals surface area contributed by atoms with Gasteiger partial charge in [-0.25, -0.2) is 5.48 Å². The van der Waals surface area contributed by atoms with Crippen LogP contribution in [-0.4, -0.2) is 39.3 Å². The number of hydrogen-bond donors (Lipinski definition) is 4. The average Bonchev–Trinajstić information content (AvgIpc) is 3.42. The zero-order valence-corrected chi connectivity index (χ0v) is 19.7. The highest BCUT2D eigenvalue weighted by Crippen LogP contribution is 2.26. The first kappa shape index (κ1) is 24.9. The van der Waals surface area contributed by atoms with Gasteiger partial charge in [0.05, 0.1) is 19.1 Å². The summed E-state index contributed by atoms with van der Waals surface area (Å²) in [5.41, 5.74) is 6.71. The summed E-state index contributed by atoms with van der Waals surface area (Å²) in [4.78, 5) is 25.2. The number of carbonyl (C=O) groups is 2. The molecule has 0 spiro atoms. The minimum Gasteiger partial charge on any atom is -0.394 e. The average molecular weight is 484 g/mol. The molecule has 4 aromatic rings. The molecule has 0 saturated carbocycles. The Morgan fingerprint density at radius 1 is 0.778 bits per heavy atom. The summed E-state index contributed by atoms with van der Waals surface area (Å²) in [6.07, 6.45) is 3.75. The third kappa shape index (κ3) is 6.27. The molecule has 1 heterocycles. The minimum atomic E-state index is -0.955. The van der Waals surface area contributed by atoms with Gasteiger partial charge in [-0.2, -0.15) is 0 Å². The van der Waals surface area contributed by atoms with Gasteiger partial charge >= 0.3 is 0 Å². The third-order valence-electron chi connectivity index (χ3n) is 6.10. The van der Waals surface area contributed by atoms with Crippen LogP contribution < -0.4 is 10.8 Å². The summed E-state index contributed by atoms with van der Waals surface area (Å²) >= 11 is 0. The van der Waals surface area contributed by atoms with E-state index in [-0.39, 0.29) is 13.0 Å². The monoisotopic (exact) mass is 483 g/mol. The van der Waals surface area contributed by atoms with Crippen LogP contribution in [0.15, 0.2) is 103 Å². The van der Waals surface area contributed by atoms with Crippen LogP contribution in [0.3, 0.4) is 0 Å². The first-order valence-corrected chi connectivity index (χ1v) is 11.8. The second-order valence-corrected chi connectivity index (χ2v) is 8.62. The number of hydrogen-bond acceptors (Lipinski definition) is 4. The van der Waals surface area contributed by atoms with E-state index < -0.39 is 23.9 Å². The Labute approximate surface area is 210 Å². The van der Waals surface area contributed by atoms with E-state index in [1.54, 1.807) is 22.4 Å². The van der Waals surface area contributed by atoms with Gasteiger partial charge in [-0.3, -0.25) is 14.8 Å². The number of amides is 2. The normalized spacial score (nSPS) is 12.5. The standard InChI is InChI=1S/C29H29N3O4/c33-20-26(17-21-7-3-1-4-8-21)30-28(34)18-27(29(35)31-36)32-16-15-25(19-32)24-13-11-23(12-14-24)22-9-5-2-6-10-22/h1-16,19,26-27,33,36H,17-18,20H2,(H,30,34)(H,31,35)/t26-,27+/m0/s1. The van der Waals surface area contributed by atoms with Gasteiger partial charge in [-0.05, 0) is 40.3 Å². The smallest absolute Gasteiger partial charge is 0.266 e. The van der Waals surface area contributed by atoms with E-state index in [1.807, 2.05) is 78.9 Å². The van der Waals surface area contributed by atoms with Crippen molar-refractivity contribution in [2.75, 3.05) is 6.61 Å². The lowest BCUT2D eigenvalue weighted by Crippen LogP contribution is -2.41. The number of carbonyl (C=O) groups excluding carboxylic acids is 2. The van der Waals surface area contributed by atoms with Crippen molar-refractivity contribution in [3.8, 4) is 22.3 Å². The van der Waals surface area contributed by atoms with Crippen molar-refractivity contribution in [2.24, 2.45) is 0 Å². The van der Waals surface area contributed by atoms with Gasteiger partial charge in [0.2, 0.25) is 5.91 Å². The molecule has 184 valence electrons. The maximum atomic E-state index is 12.8. The Morgan fingerprint density at radius 2 is 1.36 bits per heavy atom. The SMILES string of the molecule is O=C(C[C@H](C(=O)NO)n1ccc(-c2ccc(-c3ccccc3)cc2)c1)N[C@H](CO)Cc1ccccc1. The minimum absolute atomic E-state index is 0.196. The zero-order valence-electron chi connectivity index (χ0n) is 19.7. The highest BCUT2D eigenvalue weighted by atomic mass is 16.5. The number of benzene rings is 3. The number of aliphatic hydroxyl groups excluding tert-OH is 1. The lowest BCUT2D eigenvalue weighted by Gasteiger charge is -2.20. The maximum Gasteiger partial charge on any atom is 0.266 e. The molecular formula is C29H29N3O4. The quantitative estimate of drug-likeness (QED) is 0.202. The van der Waals surface area contributed by atoms with Gasteiger partial charge in [-0.15, -0.1) is 0 Å². The van der Waals surface area contributed by atoms with E-state index in [0.717, 1.165) is 27.8 Å². The van der Waals surface area contributed by atoms with E-state index in [9.17, 15) is 19.9 Å². The molecule has 7 heteroatoms. The van der Waals surface area contributed by atoms with E-state index >= 15 is 0 Å². The Balaban J connectivity index is 1.45. The van der Waals surface area contributed by atoms with Crippen molar-refractivity contribution in [1.82, 2.24) is 15.4 Å². The Kier molecular flexibility index (Phi) is 8.28. The summed E-state index contributed by atoms with van der Waals surface area (Å²) in [5.74, 6) is -1.10. The lowest BCUT2D eigenvalue weighted by molar-refractivity contribution is -0.136. The Bertz CT molecular complexity index is 1270. The van der Waals surface area contributed by atoms with E-state index in [0.29, 0.717) is 6.42 Å². The molecule has 1 aromatic heterocycles. The lowest BCUT2D eigenvalue weighted by atomic mass is 10.0. The maximum absolute atomic E-state index is 12.8. The number of aliphatic hydroxyl groups is 1. The fraction of sp³-hybridized carbons (Fsp3) is 0.172. The highest BCUT2D eigenvalue weighted by Gasteiger charge is 2.25. The molecule has 0 aliphatic heterocycles. The summed E-state index contributed by atoms with van der Waals surface area (Å²) < 4.78 is 1.61. The Hall–Kier alpha value is -4.20. The number of nitrogens with one attached hydrogen (secondary N) is 2. The summed E-state index contributed by atoms with van der Waals surface area (Å²) in [5, 5.41) is 21.8. The molecule has 0 unspecified atom stereocenters. The summed E-state index contributed by atoms with van der Waals surface area (Å²) in [7, 11) is 0. The number of rotatable bonds is 10. The van der Waals surface area contributed by atoms with Crippen LogP contribution in [0.2, 0.25) is 0 Å². The molecule has 0 aliphatic carbocycles. The predicted molar refractivity (Wildman–Crippen MR) is 138 cm³/mol. The molecule has 0 saturated heterocycles. The van der Waals surface area contributed by atoms with Crippen LogP contribution in [0.4, 0.5) is 0 Å². The van der Waals surface area contributed by atoms with Crippen molar-refractivity contribution in [3.63, 3.8) is 0 Å². The van der Waals surface area contributed by atoms with Crippen LogP contribution >= 0.6 is 0 Å². The highest BCUT2D eigenvalue weighted by molar-refractivity contribution is 5.87. The summed E-state index contributed by atoms with van der Waals surface area (Å²) in [6, 6.07) is 28.1. The van der Waals surface area contributed by atoms with Gasteiger partial charge in [0, 0.05) is 12.4 Å². The summed E-state index contributed by atoms with van der Waals surface area (Å²) in [6.45, 7) is -0.232. The van der Waals surface area contributed by atoms with Crippen molar-refractivity contribution in [3.05, 3.63) is 109 Å². The van der Waals surface area contributed by atoms with Crippen LogP contribution in [0, 0.1) is 0 Å². The van der Waals surface area contributed by atoms with Crippen LogP contribution in [0.5, 0.6) is 0 Å². The van der Waals surface area contributed by atoms with Gasteiger partial charge in [0.15, 0.2) is 0 Å². The number of aromatic nitrogens is 1. The van der Waals surface area contributed by atoms with E-state index in [4.69, 9.17) is 0 Å². The van der Waals surface area contributed by atoms with Gasteiger partial charge in [-0.1, -0.05) is 84.9 Å². The molecule has 0 fully saturated rings. The van der Waals surface area contributed by atoms with Gasteiger partial charge in [0.1, 0.15) is 6.04 Å². The molecule has 7 nitrogen and oxygen atoms in total. The molecule has 2 amide bonds. The fourth-order valence-electron chi connectivity index (χ4n) is 4.19. The second-order valence-electron chi connectivity index (χ2n) is 8.62. The molecule has 4 rings (SSSR count). The molecule has 3 aromatic carbocycles. The van der Waals surface area contributed by atoms with Crippen LogP contribution in [0.1, 0.15) is 18.0 Å². The number of hydroxylamine groups is 1. The molecule has 0 aliphatic rings. The van der Waals surface area contributed by atoms with Gasteiger partial charge < -0.3 is 15.0 Å². The van der Waals surface area contributed by atoms with Crippen molar-refractivity contribution in [1.29, 1.82) is 0 Å². The zero-order chi connectivity index (χ0) is 25.3. The first-order chi connectivity index (χ1) is 17.6. The third-order valence-corrected chi connectivity index (χ3v) is 6.10. The molecule has 4 N–H and O–H groups in total. The van der Waals surface area contributed by atoms with Crippen LogP contribution in [0.25, 0.3) is 22.3 Å². The van der Waals surface area contributed by atoms with Gasteiger partial charge in [0.25, 0.3) is 5.91 Å². The van der Waals surface area contributed by atoms with Crippen molar-refractivity contribution in [2.45, 2.75) is 24.9 Å². The topological polar surface area (TPSA) is 104 Å². The molecule has 0 bridgehead atoms. The first-order valence-electron chi connectivity index (χ1n) is 11.8. The van der Waals surface area contributed by atoms with Crippen molar-refractivity contribution >= 4 is 11.8 Å². The fourth-order valence-corrected chi connectivity index (χ4v) is 4.19. The van der Waals surface area contributed by atoms with E-state index in [2.05, 4.69) is 17.4 Å². The predicted octanol–water partition coefficient (Wildman–Crippen LogP) is 3.98. The second kappa shape index (κ2) is 12.0. The molecule has 36 heavy (non-hydrogen) atoms. The Morgan fingerprint density at radius 3 is 1.97 bits per heavy atom. The van der Waals surface area contributed by atoms with E-state index in [1.165, 1.54) is 0 Å².